The summed E-state index contributed by atoms with van der Waals surface area (Å²) in [7, 11) is 0. The minimum Gasteiger partial charge on any atom is -0.481 e. The normalized spacial score (nSPS) is 26.6. The molecule has 1 aromatic rings. The number of nitrogens with one attached hydrogen (secondary N) is 1. The third-order valence-corrected chi connectivity index (χ3v) is 6.17. The summed E-state index contributed by atoms with van der Waals surface area (Å²) in [5.74, 6) is -0.355. The number of nitrogens with zero attached hydrogens (tertiary/aromatic N) is 3. The number of aliphatic carboxylic acids is 1. The molecule has 23 heavy (non-hydrogen) atoms. The molecular weight excluding hydrogens is 316 g/mol. The summed E-state index contributed by atoms with van der Waals surface area (Å²) in [6.07, 6.45) is 2.50. The molecule has 0 bridgehead atoms. The van der Waals surface area contributed by atoms with E-state index < -0.39 is 11.4 Å². The van der Waals surface area contributed by atoms with Gasteiger partial charge in [-0.1, -0.05) is 31.6 Å². The molecule has 0 unspecified atom stereocenters. The number of aromatic nitrogens is 2. The van der Waals surface area contributed by atoms with Crippen LogP contribution >= 0.6 is 11.3 Å². The van der Waals surface area contributed by atoms with Crippen molar-refractivity contribution in [2.75, 3.05) is 13.1 Å². The lowest BCUT2D eigenvalue weighted by Crippen LogP contribution is -2.41. The van der Waals surface area contributed by atoms with Gasteiger partial charge in [0.2, 0.25) is 0 Å². The fraction of sp³-hybridized carbons (Fsp3) is 0.733. The first-order valence-electron chi connectivity index (χ1n) is 8.01. The maximum Gasteiger partial charge on any atom is 0.317 e. The number of hydrogen-bond donors (Lipinski definition) is 2. The van der Waals surface area contributed by atoms with Crippen molar-refractivity contribution < 1.29 is 14.7 Å². The van der Waals surface area contributed by atoms with Crippen molar-refractivity contribution in [1.82, 2.24) is 20.4 Å². The smallest absolute Gasteiger partial charge is 0.317 e. The molecule has 0 spiro atoms. The van der Waals surface area contributed by atoms with E-state index in [0.29, 0.717) is 32.0 Å². The average Bonchev–Trinajstić information content (AvgIpc) is 3.18. The summed E-state index contributed by atoms with van der Waals surface area (Å²) >= 11 is 1.50. The van der Waals surface area contributed by atoms with Crippen LogP contribution < -0.4 is 5.32 Å². The van der Waals surface area contributed by atoms with Crippen LogP contribution in [0.15, 0.2) is 0 Å². The minimum absolute atomic E-state index is 0.0832. The van der Waals surface area contributed by atoms with Crippen LogP contribution in [-0.4, -0.2) is 45.3 Å². The van der Waals surface area contributed by atoms with E-state index in [1.165, 1.54) is 11.3 Å². The number of likely N-dealkylation sites (tertiary alicyclic amines) is 1. The van der Waals surface area contributed by atoms with Gasteiger partial charge in [-0.05, 0) is 18.8 Å². The highest BCUT2D eigenvalue weighted by molar-refractivity contribution is 7.11. The van der Waals surface area contributed by atoms with Crippen molar-refractivity contribution in [1.29, 1.82) is 0 Å². The Kier molecular flexibility index (Phi) is 4.27. The van der Waals surface area contributed by atoms with Crippen LogP contribution in [-0.2, 0) is 11.3 Å². The Morgan fingerprint density at radius 3 is 2.87 bits per heavy atom. The third-order valence-electron chi connectivity index (χ3n) is 4.95. The summed E-state index contributed by atoms with van der Waals surface area (Å²) in [5.41, 5.74) is -0.731. The number of hydrogen-bond acceptors (Lipinski definition) is 5. The van der Waals surface area contributed by atoms with Crippen molar-refractivity contribution in [2.45, 2.75) is 45.6 Å². The Bertz CT molecular complexity index is 618. The lowest BCUT2D eigenvalue weighted by Gasteiger charge is -2.23. The highest BCUT2D eigenvalue weighted by atomic mass is 32.1. The van der Waals surface area contributed by atoms with Gasteiger partial charge in [0.1, 0.15) is 10.0 Å². The van der Waals surface area contributed by atoms with Gasteiger partial charge >= 0.3 is 12.0 Å². The number of amides is 2. The van der Waals surface area contributed by atoms with E-state index in [1.54, 1.807) is 4.90 Å². The standard InChI is InChI=1S/C15H22N4O3S/c1-9(2)12-18-17-11(23-12)6-16-14(22)19-7-10-4-3-5-15(10,8-19)13(20)21/h9-10H,3-8H2,1-2H3,(H,16,22)(H,20,21)/t10-,15+/m0/s1. The summed E-state index contributed by atoms with van der Waals surface area (Å²) in [4.78, 5) is 25.6. The van der Waals surface area contributed by atoms with E-state index in [2.05, 4.69) is 29.4 Å². The quantitative estimate of drug-likeness (QED) is 0.876. The Morgan fingerprint density at radius 2 is 2.26 bits per heavy atom. The van der Waals surface area contributed by atoms with Gasteiger partial charge < -0.3 is 15.3 Å². The van der Waals surface area contributed by atoms with E-state index >= 15 is 0 Å². The van der Waals surface area contributed by atoms with Crippen LogP contribution in [0.5, 0.6) is 0 Å². The zero-order valence-electron chi connectivity index (χ0n) is 13.4. The molecule has 0 aromatic carbocycles. The molecule has 3 rings (SSSR count). The van der Waals surface area contributed by atoms with Gasteiger partial charge in [0.05, 0.1) is 12.0 Å². The Morgan fingerprint density at radius 1 is 1.48 bits per heavy atom. The van der Waals surface area contributed by atoms with Crippen LogP contribution in [0, 0.1) is 11.3 Å². The molecule has 2 aliphatic rings. The highest BCUT2D eigenvalue weighted by Gasteiger charge is 2.55. The lowest BCUT2D eigenvalue weighted by molar-refractivity contribution is -0.149. The number of urea groups is 1. The molecular formula is C15H22N4O3S. The van der Waals surface area contributed by atoms with Gasteiger partial charge in [0, 0.05) is 19.0 Å². The maximum atomic E-state index is 12.3. The summed E-state index contributed by atoms with van der Waals surface area (Å²) < 4.78 is 0. The number of rotatable bonds is 4. The SMILES string of the molecule is CC(C)c1nnc(CNC(=O)N2C[C@@H]3CCC[C@@]3(C(=O)O)C2)s1. The molecule has 7 nitrogen and oxygen atoms in total. The van der Waals surface area contributed by atoms with E-state index in [-0.39, 0.29) is 11.9 Å². The van der Waals surface area contributed by atoms with Crippen LogP contribution in [0.3, 0.4) is 0 Å². The fourth-order valence-corrected chi connectivity index (χ4v) is 4.41. The van der Waals surface area contributed by atoms with Gasteiger partial charge in [0.15, 0.2) is 0 Å². The fourth-order valence-electron chi connectivity index (χ4n) is 3.63. The number of carboxylic acids is 1. The molecule has 2 amide bonds. The van der Waals surface area contributed by atoms with Gasteiger partial charge in [-0.3, -0.25) is 4.79 Å². The third kappa shape index (κ3) is 2.91. The number of carbonyl (C=O) groups is 2. The lowest BCUT2D eigenvalue weighted by atomic mass is 9.81. The predicted octanol–water partition coefficient (Wildman–Crippen LogP) is 2.06. The Labute approximate surface area is 139 Å². The maximum absolute atomic E-state index is 12.3. The van der Waals surface area contributed by atoms with Crippen molar-refractivity contribution in [2.24, 2.45) is 11.3 Å². The van der Waals surface area contributed by atoms with Gasteiger partial charge in [-0.2, -0.15) is 0 Å². The monoisotopic (exact) mass is 338 g/mol. The molecule has 2 N–H and O–H groups in total. The molecule has 2 heterocycles. The molecule has 1 saturated carbocycles. The van der Waals surface area contributed by atoms with Gasteiger partial charge in [-0.15, -0.1) is 10.2 Å². The second-order valence-corrected chi connectivity index (χ2v) is 7.87. The second kappa shape index (κ2) is 6.07. The van der Waals surface area contributed by atoms with Crippen LogP contribution in [0.2, 0.25) is 0 Å². The zero-order valence-corrected chi connectivity index (χ0v) is 14.2. The van der Waals surface area contributed by atoms with Gasteiger partial charge in [-0.25, -0.2) is 4.79 Å². The zero-order chi connectivity index (χ0) is 16.6. The highest BCUT2D eigenvalue weighted by Crippen LogP contribution is 2.48. The first kappa shape index (κ1) is 16.2. The Balaban J connectivity index is 1.58. The summed E-state index contributed by atoms with van der Waals surface area (Å²) in [5, 5.41) is 22.3. The largest absolute Gasteiger partial charge is 0.481 e. The van der Waals surface area contributed by atoms with E-state index in [0.717, 1.165) is 22.9 Å². The van der Waals surface area contributed by atoms with Crippen molar-refractivity contribution in [3.05, 3.63) is 10.0 Å². The van der Waals surface area contributed by atoms with E-state index in [9.17, 15) is 14.7 Å². The summed E-state index contributed by atoms with van der Waals surface area (Å²) in [6, 6.07) is -0.207. The van der Waals surface area contributed by atoms with E-state index in [4.69, 9.17) is 0 Å². The molecule has 1 aliphatic heterocycles. The molecule has 0 radical (unpaired) electrons. The summed E-state index contributed by atoms with van der Waals surface area (Å²) in [6.45, 7) is 5.29. The second-order valence-electron chi connectivity index (χ2n) is 6.78. The molecule has 1 saturated heterocycles. The first-order valence-corrected chi connectivity index (χ1v) is 8.82. The van der Waals surface area contributed by atoms with Crippen molar-refractivity contribution >= 4 is 23.3 Å². The number of carbonyl (C=O) groups excluding carboxylic acids is 1. The molecule has 126 valence electrons. The van der Waals surface area contributed by atoms with Crippen LogP contribution in [0.1, 0.15) is 49.0 Å². The molecule has 8 heteroatoms. The average molecular weight is 338 g/mol. The Hall–Kier alpha value is -1.70. The van der Waals surface area contributed by atoms with Crippen molar-refractivity contribution in [3.63, 3.8) is 0 Å². The van der Waals surface area contributed by atoms with E-state index in [1.807, 2.05) is 0 Å². The van der Waals surface area contributed by atoms with Crippen LogP contribution in [0.4, 0.5) is 4.79 Å². The molecule has 1 aromatic heterocycles. The molecule has 2 fully saturated rings. The molecule has 1 aliphatic carbocycles. The number of fused-ring (bicyclic) bond motifs is 1. The van der Waals surface area contributed by atoms with Crippen LogP contribution in [0.25, 0.3) is 0 Å². The minimum atomic E-state index is -0.763. The topological polar surface area (TPSA) is 95.4 Å². The predicted molar refractivity (Wildman–Crippen MR) is 85.2 cm³/mol. The molecule has 2 atom stereocenters. The van der Waals surface area contributed by atoms with Crippen molar-refractivity contribution in [3.8, 4) is 0 Å². The number of carboxylic acid groups (broad SMARTS) is 1. The van der Waals surface area contributed by atoms with Gasteiger partial charge in [0.25, 0.3) is 0 Å². The first-order chi connectivity index (χ1) is 10.9.